The van der Waals surface area contributed by atoms with Gasteiger partial charge in [0.1, 0.15) is 6.04 Å². The summed E-state index contributed by atoms with van der Waals surface area (Å²) in [5.41, 5.74) is 2.72. The van der Waals surface area contributed by atoms with Gasteiger partial charge < -0.3 is 29.4 Å². The van der Waals surface area contributed by atoms with E-state index in [1.54, 1.807) is 36.4 Å². The maximum absolute atomic E-state index is 13.0. The van der Waals surface area contributed by atoms with Crippen molar-refractivity contribution in [3.05, 3.63) is 87.9 Å². The van der Waals surface area contributed by atoms with Crippen molar-refractivity contribution in [1.29, 1.82) is 0 Å². The Morgan fingerprint density at radius 3 is 2.33 bits per heavy atom. The van der Waals surface area contributed by atoms with Crippen LogP contribution >= 0.6 is 0 Å². The van der Waals surface area contributed by atoms with Crippen molar-refractivity contribution in [3.8, 4) is 0 Å². The average Bonchev–Trinajstić information content (AvgIpc) is 3.64. The number of carbonyl (C=O) groups excluding carboxylic acids is 6. The number of anilines is 1. The van der Waals surface area contributed by atoms with Crippen molar-refractivity contribution in [2.45, 2.75) is 25.4 Å². The van der Waals surface area contributed by atoms with E-state index in [0.717, 1.165) is 11.3 Å². The first-order chi connectivity index (χ1) is 21.8. The number of benzene rings is 2. The fourth-order valence-corrected chi connectivity index (χ4v) is 5.64. The third kappa shape index (κ3) is 5.99. The van der Waals surface area contributed by atoms with Crippen molar-refractivity contribution >= 4 is 40.9 Å². The normalized spacial score (nSPS) is 17.1. The SMILES string of the molecule is O=C1CCC(N2Cc3c(NCCOCCOCCNC(=O)c4cc5c(o4)C(=O)c4ccccc4C5=O)cccc3C2=O)C(=O)N1. The predicted octanol–water partition coefficient (Wildman–Crippen LogP) is 1.69. The largest absolute Gasteiger partial charge is 0.447 e. The third-order valence-electron chi connectivity index (χ3n) is 7.87. The number of fused-ring (bicyclic) bond motifs is 3. The second kappa shape index (κ2) is 12.8. The van der Waals surface area contributed by atoms with Crippen LogP contribution in [0.1, 0.15) is 71.4 Å². The Balaban J connectivity index is 0.877. The smallest absolute Gasteiger partial charge is 0.287 e. The Morgan fingerprint density at radius 2 is 1.58 bits per heavy atom. The molecule has 1 unspecified atom stereocenters. The van der Waals surface area contributed by atoms with E-state index in [-0.39, 0.29) is 71.9 Å². The van der Waals surface area contributed by atoms with Crippen LogP contribution in [0.3, 0.4) is 0 Å². The highest BCUT2D eigenvalue weighted by molar-refractivity contribution is 6.27. The van der Waals surface area contributed by atoms with Crippen molar-refractivity contribution in [2.75, 3.05) is 44.8 Å². The number of ether oxygens (including phenoxy) is 2. The lowest BCUT2D eigenvalue weighted by Gasteiger charge is -2.29. The van der Waals surface area contributed by atoms with Gasteiger partial charge in [-0.05, 0) is 18.6 Å². The molecular formula is C32H30N4O9. The molecule has 3 aliphatic rings. The number of amides is 4. The Bertz CT molecular complexity index is 1660. The molecule has 0 radical (unpaired) electrons. The summed E-state index contributed by atoms with van der Waals surface area (Å²) in [6.45, 7) is 2.14. The third-order valence-corrected chi connectivity index (χ3v) is 7.87. The molecule has 2 aliphatic heterocycles. The van der Waals surface area contributed by atoms with Crippen LogP contribution in [0.5, 0.6) is 0 Å². The van der Waals surface area contributed by atoms with Gasteiger partial charge in [-0.15, -0.1) is 0 Å². The van der Waals surface area contributed by atoms with Gasteiger partial charge in [0, 0.05) is 60.1 Å². The second-order valence-electron chi connectivity index (χ2n) is 10.7. The van der Waals surface area contributed by atoms with E-state index < -0.39 is 23.6 Å². The van der Waals surface area contributed by atoms with E-state index in [1.165, 1.54) is 11.0 Å². The van der Waals surface area contributed by atoms with Crippen molar-refractivity contribution in [2.24, 2.45) is 0 Å². The molecule has 0 bridgehead atoms. The molecule has 1 aromatic heterocycles. The molecule has 3 N–H and O–H groups in total. The minimum atomic E-state index is -0.669. The summed E-state index contributed by atoms with van der Waals surface area (Å²) in [7, 11) is 0. The highest BCUT2D eigenvalue weighted by Gasteiger charge is 2.40. The minimum absolute atomic E-state index is 0.0751. The highest BCUT2D eigenvalue weighted by atomic mass is 16.5. The van der Waals surface area contributed by atoms with Crippen LogP contribution in [0.4, 0.5) is 5.69 Å². The Labute approximate surface area is 257 Å². The number of carbonyl (C=O) groups is 6. The second-order valence-corrected chi connectivity index (χ2v) is 10.7. The molecule has 1 fully saturated rings. The van der Waals surface area contributed by atoms with Crippen LogP contribution in [0.2, 0.25) is 0 Å². The quantitative estimate of drug-likeness (QED) is 0.157. The molecule has 13 heteroatoms. The lowest BCUT2D eigenvalue weighted by Crippen LogP contribution is -2.52. The number of furan rings is 1. The molecule has 3 aromatic rings. The number of rotatable bonds is 12. The monoisotopic (exact) mass is 614 g/mol. The standard InChI is InChI=1S/C32H30N4O9/c37-26-9-8-24(30(40)35-26)36-17-22-20(32(36)42)6-3-7-23(22)33-10-12-43-14-15-44-13-11-34-31(41)25-16-21-27(38)18-4-1-2-5-19(18)28(39)29(21)45-25/h1-7,16,24,33H,8-15,17H2,(H,34,41)(H,35,37,40). The fraction of sp³-hybridized carbons (Fsp3) is 0.312. The average molecular weight is 615 g/mol. The summed E-state index contributed by atoms with van der Waals surface area (Å²) >= 11 is 0. The van der Waals surface area contributed by atoms with E-state index in [0.29, 0.717) is 38.3 Å². The minimum Gasteiger partial charge on any atom is -0.447 e. The number of ketones is 2. The molecule has 1 saturated heterocycles. The van der Waals surface area contributed by atoms with E-state index in [9.17, 15) is 28.8 Å². The lowest BCUT2D eigenvalue weighted by molar-refractivity contribution is -0.136. The maximum Gasteiger partial charge on any atom is 0.287 e. The Morgan fingerprint density at radius 1 is 0.867 bits per heavy atom. The zero-order valence-corrected chi connectivity index (χ0v) is 24.2. The van der Waals surface area contributed by atoms with E-state index in [2.05, 4.69) is 16.0 Å². The lowest BCUT2D eigenvalue weighted by atomic mass is 9.89. The van der Waals surface area contributed by atoms with Crippen molar-refractivity contribution in [3.63, 3.8) is 0 Å². The molecule has 6 rings (SSSR count). The summed E-state index contributed by atoms with van der Waals surface area (Å²) in [6, 6.07) is 12.4. The molecule has 1 atom stereocenters. The number of hydrogen-bond acceptors (Lipinski definition) is 10. The molecule has 2 aromatic carbocycles. The summed E-state index contributed by atoms with van der Waals surface area (Å²) < 4.78 is 16.6. The van der Waals surface area contributed by atoms with Crippen LogP contribution in [0, 0.1) is 0 Å². The van der Waals surface area contributed by atoms with Gasteiger partial charge in [0.15, 0.2) is 17.3 Å². The van der Waals surface area contributed by atoms with E-state index in [1.807, 2.05) is 6.07 Å². The summed E-state index contributed by atoms with van der Waals surface area (Å²) in [5, 5.41) is 8.23. The van der Waals surface area contributed by atoms with Gasteiger partial charge in [0.25, 0.3) is 11.8 Å². The molecule has 3 heterocycles. The highest BCUT2D eigenvalue weighted by Crippen LogP contribution is 2.32. The van der Waals surface area contributed by atoms with Crippen LogP contribution in [-0.4, -0.2) is 85.7 Å². The predicted molar refractivity (Wildman–Crippen MR) is 157 cm³/mol. The van der Waals surface area contributed by atoms with Gasteiger partial charge in [0.05, 0.1) is 32.0 Å². The number of imide groups is 1. The first-order valence-electron chi connectivity index (χ1n) is 14.6. The number of piperidine rings is 1. The Kier molecular flexibility index (Phi) is 8.54. The van der Waals surface area contributed by atoms with Gasteiger partial charge in [-0.3, -0.25) is 34.1 Å². The first-order valence-corrected chi connectivity index (χ1v) is 14.6. The van der Waals surface area contributed by atoms with Crippen LogP contribution < -0.4 is 16.0 Å². The van der Waals surface area contributed by atoms with Crippen molar-refractivity contribution in [1.82, 2.24) is 15.5 Å². The van der Waals surface area contributed by atoms with Gasteiger partial charge in [0.2, 0.25) is 17.6 Å². The molecule has 232 valence electrons. The number of hydrogen-bond donors (Lipinski definition) is 3. The van der Waals surface area contributed by atoms with Gasteiger partial charge >= 0.3 is 0 Å². The van der Waals surface area contributed by atoms with E-state index >= 15 is 0 Å². The molecule has 0 spiro atoms. The summed E-state index contributed by atoms with van der Waals surface area (Å²) in [5.74, 6) is -2.61. The molecule has 13 nitrogen and oxygen atoms in total. The molecular weight excluding hydrogens is 584 g/mol. The number of nitrogens with one attached hydrogen (secondary N) is 3. The fourth-order valence-electron chi connectivity index (χ4n) is 5.64. The molecule has 0 saturated carbocycles. The molecule has 45 heavy (non-hydrogen) atoms. The Hall–Kier alpha value is -5.14. The summed E-state index contributed by atoms with van der Waals surface area (Å²) in [6.07, 6.45) is 0.507. The molecule has 1 aliphatic carbocycles. The first kappa shape index (κ1) is 29.9. The van der Waals surface area contributed by atoms with Crippen molar-refractivity contribution < 1.29 is 42.7 Å². The molecule has 4 amide bonds. The van der Waals surface area contributed by atoms with Gasteiger partial charge in [-0.1, -0.05) is 30.3 Å². The zero-order chi connectivity index (χ0) is 31.5. The number of nitrogens with zero attached hydrogens (tertiary/aromatic N) is 1. The van der Waals surface area contributed by atoms with Crippen LogP contribution in [0.25, 0.3) is 0 Å². The van der Waals surface area contributed by atoms with Gasteiger partial charge in [-0.2, -0.15) is 0 Å². The maximum atomic E-state index is 13.0. The summed E-state index contributed by atoms with van der Waals surface area (Å²) in [4.78, 5) is 76.2. The zero-order valence-electron chi connectivity index (χ0n) is 24.2. The topological polar surface area (TPSA) is 173 Å². The van der Waals surface area contributed by atoms with Crippen LogP contribution in [-0.2, 0) is 25.6 Å². The van der Waals surface area contributed by atoms with Crippen LogP contribution in [0.15, 0.2) is 52.9 Å². The van der Waals surface area contributed by atoms with Gasteiger partial charge in [-0.25, -0.2) is 0 Å². The van der Waals surface area contributed by atoms with E-state index in [4.69, 9.17) is 13.9 Å².